The van der Waals surface area contributed by atoms with Gasteiger partial charge in [0.2, 0.25) is 11.8 Å². The number of nitrogens with zero attached hydrogens (tertiary/aromatic N) is 6. The van der Waals surface area contributed by atoms with Gasteiger partial charge in [0.05, 0.1) is 50.4 Å². The van der Waals surface area contributed by atoms with Gasteiger partial charge in [-0.1, -0.05) is 146 Å². The van der Waals surface area contributed by atoms with E-state index in [-0.39, 0.29) is 46.1 Å². The van der Waals surface area contributed by atoms with Gasteiger partial charge in [0.1, 0.15) is 0 Å². The van der Waals surface area contributed by atoms with Gasteiger partial charge in [-0.15, -0.1) is 0 Å². The number of imide groups is 3. The zero-order valence-electron chi connectivity index (χ0n) is 39.3. The minimum Gasteiger partial charge on any atom is -0.272 e. The summed E-state index contributed by atoms with van der Waals surface area (Å²) in [6.45, 7) is 8.56. The van der Waals surface area contributed by atoms with E-state index in [1.807, 2.05) is 19.1 Å². The molecule has 0 aliphatic carbocycles. The quantitative estimate of drug-likeness (QED) is 0.0817. The van der Waals surface area contributed by atoms with Crippen LogP contribution in [-0.2, 0) is 20.8 Å². The number of hydrogen-bond donors (Lipinski definition) is 0. The number of amides is 9. The highest BCUT2D eigenvalue weighted by atomic mass is 35.6. The van der Waals surface area contributed by atoms with Crippen molar-refractivity contribution in [1.82, 2.24) is 15.0 Å². The number of fused-ring (bicyclic) bond motifs is 4. The Morgan fingerprint density at radius 2 is 0.904 bits per heavy atom. The van der Waals surface area contributed by atoms with Crippen LogP contribution in [0.2, 0.25) is 0 Å². The summed E-state index contributed by atoms with van der Waals surface area (Å²) in [4.78, 5) is 115. The van der Waals surface area contributed by atoms with E-state index in [2.05, 4.69) is 6.58 Å². The molecule has 9 amide bonds. The van der Waals surface area contributed by atoms with Crippen molar-refractivity contribution in [1.29, 1.82) is 0 Å². The SMILES string of the molecule is C=C(C)C(=O)N(c1ccccc1)N1C(=O)c2ccccc2C1=O.CC(CC(Cl)(Cl)Cl)C(=O)N(c1ccccc1)N1C(=O)c2ccccc2C1=O.CC1Cc2ccccc2N(N2C(=O)c3ccccc3C2=O)C1=O. The van der Waals surface area contributed by atoms with Crippen molar-refractivity contribution in [2.45, 2.75) is 37.4 Å². The lowest BCUT2D eigenvalue weighted by Crippen LogP contribution is -2.54. The predicted molar refractivity (Wildman–Crippen MR) is 274 cm³/mol. The zero-order valence-corrected chi connectivity index (χ0v) is 41.5. The summed E-state index contributed by atoms with van der Waals surface area (Å²) in [6.07, 6.45) is 0.539. The molecule has 0 saturated heterocycles. The first-order valence-electron chi connectivity index (χ1n) is 22.7. The molecular formula is C55H43Cl3N6O9. The summed E-state index contributed by atoms with van der Waals surface area (Å²) in [5.41, 5.74) is 4.30. The molecular weight excluding hydrogens is 995 g/mol. The molecule has 4 heterocycles. The zero-order chi connectivity index (χ0) is 52.5. The molecule has 0 radical (unpaired) electrons. The van der Waals surface area contributed by atoms with Gasteiger partial charge in [-0.3, -0.25) is 43.2 Å². The highest BCUT2D eigenvalue weighted by Gasteiger charge is 2.47. The number of alkyl halides is 3. The van der Waals surface area contributed by atoms with Crippen LogP contribution in [0.5, 0.6) is 0 Å². The average Bonchev–Trinajstić information content (AvgIpc) is 3.90. The standard InChI is InChI=1S/C19H15Cl3N2O3.2C18H14N2O3/c1-12(11-19(20,21)22)16(25)23(13-7-3-2-4-8-13)24-17(26)14-9-5-6-10-15(14)18(24)27;1-11-10-12-6-2-5-9-15(12)19(16(11)21)20-17(22)13-7-3-4-8-14(13)18(20)23;1-12(2)16(21)19(13-8-4-3-5-9-13)20-17(22)14-10-6-7-11-15(14)18(20)23/h2-10,12H,11H2,1H3;2-9,11H,10H2,1H3;3-11H,1H2,2H3. The second-order valence-corrected chi connectivity index (χ2v) is 19.7. The van der Waals surface area contributed by atoms with Crippen LogP contribution >= 0.6 is 34.8 Å². The van der Waals surface area contributed by atoms with Gasteiger partial charge in [-0.25, -0.2) is 15.0 Å². The normalized spacial score (nSPS) is 15.9. The fourth-order valence-electron chi connectivity index (χ4n) is 8.54. The number of anilines is 3. The molecule has 0 N–H and O–H groups in total. The minimum absolute atomic E-state index is 0.0665. The van der Waals surface area contributed by atoms with Crippen LogP contribution in [-0.4, -0.2) is 72.0 Å². The molecule has 4 aliphatic heterocycles. The second kappa shape index (κ2) is 20.8. The Morgan fingerprint density at radius 3 is 1.32 bits per heavy atom. The molecule has 18 heteroatoms. The maximum atomic E-state index is 13.2. The smallest absolute Gasteiger partial charge is 0.272 e. The van der Waals surface area contributed by atoms with E-state index in [1.165, 1.54) is 11.9 Å². The van der Waals surface area contributed by atoms with Gasteiger partial charge in [-0.2, -0.15) is 15.0 Å². The highest BCUT2D eigenvalue weighted by Crippen LogP contribution is 2.38. The monoisotopic (exact) mass is 1040 g/mol. The first kappa shape index (κ1) is 51.1. The second-order valence-electron chi connectivity index (χ2n) is 17.2. The van der Waals surface area contributed by atoms with Crippen LogP contribution in [0.1, 0.15) is 94.9 Å². The average molecular weight is 1040 g/mol. The summed E-state index contributed by atoms with van der Waals surface area (Å²) in [6, 6.07) is 43.9. The highest BCUT2D eigenvalue weighted by molar-refractivity contribution is 6.67. The first-order chi connectivity index (χ1) is 34.8. The molecule has 2 unspecified atom stereocenters. The van der Waals surface area contributed by atoms with Gasteiger partial charge in [-0.05, 0) is 85.6 Å². The molecule has 0 aromatic heterocycles. The lowest BCUT2D eigenvalue weighted by molar-refractivity contribution is -0.125. The van der Waals surface area contributed by atoms with Crippen molar-refractivity contribution in [3.05, 3.63) is 209 Å². The summed E-state index contributed by atoms with van der Waals surface area (Å²) in [5.74, 6) is -5.41. The van der Waals surface area contributed by atoms with Crippen LogP contribution in [0, 0.1) is 11.8 Å². The van der Waals surface area contributed by atoms with Gasteiger partial charge < -0.3 is 0 Å². The Balaban J connectivity index is 0.000000147. The van der Waals surface area contributed by atoms with Crippen molar-refractivity contribution in [2.24, 2.45) is 11.8 Å². The summed E-state index contributed by atoms with van der Waals surface area (Å²) < 4.78 is -1.64. The molecule has 2 atom stereocenters. The first-order valence-corrected chi connectivity index (χ1v) is 23.8. The number of hydrazine groups is 3. The fraction of sp³-hybridized carbons (Fsp3) is 0.145. The Bertz CT molecular complexity index is 3170. The van der Waals surface area contributed by atoms with Crippen molar-refractivity contribution in [2.75, 3.05) is 15.0 Å². The third-order valence-electron chi connectivity index (χ3n) is 12.0. The molecule has 4 aliphatic rings. The van der Waals surface area contributed by atoms with Gasteiger partial charge in [0.25, 0.3) is 41.4 Å². The summed E-state index contributed by atoms with van der Waals surface area (Å²) in [5, 5.41) is 6.07. The largest absolute Gasteiger partial charge is 0.281 e. The summed E-state index contributed by atoms with van der Waals surface area (Å²) in [7, 11) is 0. The van der Waals surface area contributed by atoms with Gasteiger partial charge in [0.15, 0.2) is 3.79 Å². The van der Waals surface area contributed by atoms with Crippen molar-refractivity contribution >= 4 is 105 Å². The minimum atomic E-state index is -1.64. The van der Waals surface area contributed by atoms with Gasteiger partial charge >= 0.3 is 0 Å². The Hall–Kier alpha value is -8.24. The van der Waals surface area contributed by atoms with Crippen LogP contribution < -0.4 is 15.0 Å². The van der Waals surface area contributed by atoms with Crippen LogP contribution in [0.25, 0.3) is 0 Å². The maximum Gasteiger partial charge on any atom is 0.281 e. The van der Waals surface area contributed by atoms with E-state index in [0.717, 1.165) is 30.6 Å². The van der Waals surface area contributed by atoms with E-state index in [4.69, 9.17) is 34.8 Å². The van der Waals surface area contributed by atoms with Crippen LogP contribution in [0.15, 0.2) is 170 Å². The van der Waals surface area contributed by atoms with Crippen molar-refractivity contribution in [3.8, 4) is 0 Å². The number of rotatable bonds is 8. The van der Waals surface area contributed by atoms with E-state index in [1.54, 1.807) is 153 Å². The summed E-state index contributed by atoms with van der Waals surface area (Å²) >= 11 is 17.5. The Labute approximate surface area is 434 Å². The van der Waals surface area contributed by atoms with E-state index in [9.17, 15) is 43.2 Å². The van der Waals surface area contributed by atoms with Crippen molar-refractivity contribution in [3.63, 3.8) is 0 Å². The molecule has 368 valence electrons. The van der Waals surface area contributed by atoms with E-state index in [0.29, 0.717) is 34.6 Å². The number of carbonyl (C=O) groups excluding carboxylic acids is 9. The van der Waals surface area contributed by atoms with Crippen LogP contribution in [0.3, 0.4) is 0 Å². The molecule has 0 bridgehead atoms. The van der Waals surface area contributed by atoms with Crippen molar-refractivity contribution < 1.29 is 43.2 Å². The van der Waals surface area contributed by atoms with E-state index >= 15 is 0 Å². The molecule has 6 aromatic carbocycles. The number of carbonyl (C=O) groups is 9. The molecule has 15 nitrogen and oxygen atoms in total. The molecule has 73 heavy (non-hydrogen) atoms. The Morgan fingerprint density at radius 1 is 0.548 bits per heavy atom. The number of para-hydroxylation sites is 3. The number of benzene rings is 6. The molecule has 0 saturated carbocycles. The molecule has 6 aromatic rings. The van der Waals surface area contributed by atoms with Crippen LogP contribution in [0.4, 0.5) is 17.1 Å². The topological polar surface area (TPSA) is 173 Å². The molecule has 0 spiro atoms. The third kappa shape index (κ3) is 9.90. The fourth-order valence-corrected chi connectivity index (χ4v) is 9.24. The lowest BCUT2D eigenvalue weighted by atomic mass is 9.94. The number of halogens is 3. The maximum absolute atomic E-state index is 13.2. The van der Waals surface area contributed by atoms with Gasteiger partial charge in [0, 0.05) is 23.8 Å². The molecule has 10 rings (SSSR count). The lowest BCUT2D eigenvalue weighted by Gasteiger charge is -2.36. The number of hydrogen-bond acceptors (Lipinski definition) is 9. The Kier molecular flexibility index (Phi) is 14.6. The predicted octanol–water partition coefficient (Wildman–Crippen LogP) is 9.86. The molecule has 0 fully saturated rings. The third-order valence-corrected chi connectivity index (χ3v) is 12.5. The van der Waals surface area contributed by atoms with E-state index < -0.39 is 57.0 Å².